The molecule has 0 aliphatic carbocycles. The van der Waals surface area contributed by atoms with E-state index in [1.807, 2.05) is 0 Å². The van der Waals surface area contributed by atoms with Crippen molar-refractivity contribution in [2.24, 2.45) is 5.84 Å². The number of nitrogens with zero attached hydrogens (tertiary/aromatic N) is 1. The monoisotopic (exact) mass is 231 g/mol. The molecule has 6 nitrogen and oxygen atoms in total. The fourth-order valence-electron chi connectivity index (χ4n) is 1.85. The number of aliphatic hydroxyl groups excluding tert-OH is 1. The van der Waals surface area contributed by atoms with Crippen LogP contribution in [0.4, 0.5) is 0 Å². The van der Waals surface area contributed by atoms with E-state index in [9.17, 15) is 4.79 Å². The lowest BCUT2D eigenvalue weighted by Gasteiger charge is -2.36. The maximum absolute atomic E-state index is 11.0. The second-order valence-electron chi connectivity index (χ2n) is 4.13. The number of hydrogen-bond donors (Lipinski definition) is 3. The quantitative estimate of drug-likeness (QED) is 0.315. The van der Waals surface area contributed by atoms with Gasteiger partial charge in [-0.1, -0.05) is 0 Å². The minimum atomic E-state index is -0.140. The summed E-state index contributed by atoms with van der Waals surface area (Å²) in [7, 11) is 0. The van der Waals surface area contributed by atoms with Crippen LogP contribution in [-0.2, 0) is 9.53 Å². The minimum absolute atomic E-state index is 0.0481. The average Bonchev–Trinajstić information content (AvgIpc) is 2.35. The molecule has 0 radical (unpaired) electrons. The van der Waals surface area contributed by atoms with Gasteiger partial charge in [-0.15, -0.1) is 0 Å². The molecular weight excluding hydrogens is 210 g/mol. The molecule has 0 saturated carbocycles. The largest absolute Gasteiger partial charge is 0.394 e. The van der Waals surface area contributed by atoms with Crippen LogP contribution in [0.5, 0.6) is 0 Å². The first kappa shape index (κ1) is 13.4. The molecule has 6 heteroatoms. The summed E-state index contributed by atoms with van der Waals surface area (Å²) in [6, 6.07) is 0.301. The predicted octanol–water partition coefficient (Wildman–Crippen LogP) is -1.16. The number of hydrogen-bond acceptors (Lipinski definition) is 5. The highest BCUT2D eigenvalue weighted by atomic mass is 16.5. The number of ether oxygens (including phenoxy) is 1. The van der Waals surface area contributed by atoms with Crippen LogP contribution in [0.1, 0.15) is 19.8 Å². The number of rotatable bonds is 5. The molecule has 0 spiro atoms. The fourth-order valence-corrected chi connectivity index (χ4v) is 1.85. The summed E-state index contributed by atoms with van der Waals surface area (Å²) < 4.78 is 5.36. The lowest BCUT2D eigenvalue weighted by Crippen LogP contribution is -2.48. The number of nitrogens with one attached hydrogen (secondary N) is 1. The Kier molecular flexibility index (Phi) is 5.68. The zero-order chi connectivity index (χ0) is 12.0. The molecule has 0 aromatic heterocycles. The third-order valence-corrected chi connectivity index (χ3v) is 2.95. The molecule has 16 heavy (non-hydrogen) atoms. The zero-order valence-corrected chi connectivity index (χ0v) is 9.69. The van der Waals surface area contributed by atoms with E-state index in [4.69, 9.17) is 15.7 Å². The maximum Gasteiger partial charge on any atom is 0.233 e. The van der Waals surface area contributed by atoms with E-state index in [1.54, 1.807) is 0 Å². The number of hydrazine groups is 1. The maximum atomic E-state index is 11.0. The molecule has 1 amide bonds. The average molecular weight is 231 g/mol. The highest BCUT2D eigenvalue weighted by molar-refractivity contribution is 5.75. The lowest BCUT2D eigenvalue weighted by atomic mass is 10.1. The van der Waals surface area contributed by atoms with E-state index in [-0.39, 0.29) is 18.6 Å². The third-order valence-electron chi connectivity index (χ3n) is 2.95. The summed E-state index contributed by atoms with van der Waals surface area (Å²) >= 11 is 0. The molecule has 1 heterocycles. The van der Waals surface area contributed by atoms with Crippen LogP contribution in [0.15, 0.2) is 0 Å². The van der Waals surface area contributed by atoms with E-state index in [2.05, 4.69) is 17.2 Å². The van der Waals surface area contributed by atoms with Crippen LogP contribution in [-0.4, -0.2) is 54.4 Å². The number of amides is 1. The van der Waals surface area contributed by atoms with E-state index in [1.165, 1.54) is 0 Å². The van der Waals surface area contributed by atoms with Gasteiger partial charge in [0.25, 0.3) is 0 Å². The molecule has 2 unspecified atom stereocenters. The van der Waals surface area contributed by atoms with Gasteiger partial charge in [-0.05, 0) is 13.3 Å². The first-order valence-electron chi connectivity index (χ1n) is 5.63. The van der Waals surface area contributed by atoms with Gasteiger partial charge in [0.1, 0.15) is 0 Å². The molecule has 0 bridgehead atoms. The van der Waals surface area contributed by atoms with Gasteiger partial charge < -0.3 is 9.84 Å². The second kappa shape index (κ2) is 6.80. The van der Waals surface area contributed by atoms with Crippen LogP contribution in [0.3, 0.4) is 0 Å². The molecule has 4 N–H and O–H groups in total. The molecule has 1 rings (SSSR count). The van der Waals surface area contributed by atoms with Gasteiger partial charge in [-0.25, -0.2) is 5.84 Å². The van der Waals surface area contributed by atoms with E-state index >= 15 is 0 Å². The molecule has 2 atom stereocenters. The van der Waals surface area contributed by atoms with E-state index in [0.29, 0.717) is 19.1 Å². The molecular formula is C10H21N3O3. The summed E-state index contributed by atoms with van der Waals surface area (Å²) in [6.07, 6.45) is 1.10. The summed E-state index contributed by atoms with van der Waals surface area (Å²) in [5, 5.41) is 9.01. The Bertz CT molecular complexity index is 225. The molecule has 1 fully saturated rings. The van der Waals surface area contributed by atoms with Crippen LogP contribution in [0.25, 0.3) is 0 Å². The molecule has 1 saturated heterocycles. The Hall–Kier alpha value is -0.690. The SMILES string of the molecule is CC(CCC(=O)NN)N1CCOC(CO)C1. The highest BCUT2D eigenvalue weighted by Gasteiger charge is 2.23. The Morgan fingerprint density at radius 2 is 2.50 bits per heavy atom. The topological polar surface area (TPSA) is 87.8 Å². The van der Waals surface area contributed by atoms with Crippen LogP contribution >= 0.6 is 0 Å². The van der Waals surface area contributed by atoms with Crippen LogP contribution in [0, 0.1) is 0 Å². The number of carbonyl (C=O) groups excluding carboxylic acids is 1. The molecule has 1 aliphatic rings. The highest BCUT2D eigenvalue weighted by Crippen LogP contribution is 2.12. The van der Waals surface area contributed by atoms with Crippen molar-refractivity contribution in [3.8, 4) is 0 Å². The van der Waals surface area contributed by atoms with Gasteiger partial charge >= 0.3 is 0 Å². The number of nitrogens with two attached hydrogens (primary N) is 1. The Morgan fingerprint density at radius 1 is 1.75 bits per heavy atom. The Labute approximate surface area is 95.7 Å². The van der Waals surface area contributed by atoms with Gasteiger partial charge in [0, 0.05) is 25.6 Å². The smallest absolute Gasteiger partial charge is 0.233 e. The number of carbonyl (C=O) groups is 1. The standard InChI is InChI=1S/C10H21N3O3/c1-8(2-3-10(15)12-11)13-4-5-16-9(6-13)7-14/h8-9,14H,2-7,11H2,1H3,(H,12,15). The van der Waals surface area contributed by atoms with Crippen molar-refractivity contribution in [2.75, 3.05) is 26.3 Å². The number of morpholine rings is 1. The normalized spacial score (nSPS) is 24.1. The summed E-state index contributed by atoms with van der Waals surface area (Å²) in [4.78, 5) is 13.2. The first-order valence-corrected chi connectivity index (χ1v) is 5.63. The predicted molar refractivity (Wildman–Crippen MR) is 59.4 cm³/mol. The van der Waals surface area contributed by atoms with Crippen molar-refractivity contribution in [1.29, 1.82) is 0 Å². The van der Waals surface area contributed by atoms with E-state index in [0.717, 1.165) is 19.5 Å². The van der Waals surface area contributed by atoms with Crippen molar-refractivity contribution in [3.05, 3.63) is 0 Å². The second-order valence-corrected chi connectivity index (χ2v) is 4.13. The molecule has 0 aromatic carbocycles. The van der Waals surface area contributed by atoms with E-state index < -0.39 is 0 Å². The number of aliphatic hydroxyl groups is 1. The van der Waals surface area contributed by atoms with Crippen molar-refractivity contribution in [2.45, 2.75) is 31.9 Å². The third kappa shape index (κ3) is 4.05. The Morgan fingerprint density at radius 3 is 3.12 bits per heavy atom. The van der Waals surface area contributed by atoms with Crippen molar-refractivity contribution in [3.63, 3.8) is 0 Å². The van der Waals surface area contributed by atoms with Gasteiger partial charge in [-0.3, -0.25) is 15.1 Å². The van der Waals surface area contributed by atoms with Gasteiger partial charge in [0.05, 0.1) is 19.3 Å². The fraction of sp³-hybridized carbons (Fsp3) is 0.900. The lowest BCUT2D eigenvalue weighted by molar-refractivity contribution is -0.121. The van der Waals surface area contributed by atoms with Crippen LogP contribution < -0.4 is 11.3 Å². The summed E-state index contributed by atoms with van der Waals surface area (Å²) in [5.74, 6) is 4.87. The Balaban J connectivity index is 2.29. The molecule has 94 valence electrons. The van der Waals surface area contributed by atoms with Crippen LogP contribution in [0.2, 0.25) is 0 Å². The zero-order valence-electron chi connectivity index (χ0n) is 9.69. The van der Waals surface area contributed by atoms with Gasteiger partial charge in [-0.2, -0.15) is 0 Å². The summed E-state index contributed by atoms with van der Waals surface area (Å²) in [6.45, 7) is 4.33. The summed E-state index contributed by atoms with van der Waals surface area (Å²) in [5.41, 5.74) is 2.12. The van der Waals surface area contributed by atoms with Crippen molar-refractivity contribution in [1.82, 2.24) is 10.3 Å². The molecule has 1 aliphatic heterocycles. The van der Waals surface area contributed by atoms with Crippen molar-refractivity contribution < 1.29 is 14.6 Å². The molecule has 0 aromatic rings. The first-order chi connectivity index (χ1) is 7.67. The van der Waals surface area contributed by atoms with Crippen molar-refractivity contribution >= 4 is 5.91 Å². The van der Waals surface area contributed by atoms with Gasteiger partial charge in [0.2, 0.25) is 5.91 Å². The van der Waals surface area contributed by atoms with Gasteiger partial charge in [0.15, 0.2) is 0 Å². The minimum Gasteiger partial charge on any atom is -0.394 e.